The molecular formula is C21H21IN8O. The summed E-state index contributed by atoms with van der Waals surface area (Å²) >= 11 is 2.23. The van der Waals surface area contributed by atoms with Crippen molar-refractivity contribution in [2.24, 2.45) is 0 Å². The number of pyridine rings is 1. The molecule has 0 fully saturated rings. The Bertz CT molecular complexity index is 1180. The number of carbonyl (C=O) groups excluding carboxylic acids is 1. The largest absolute Gasteiger partial charge is 0.337 e. The van der Waals surface area contributed by atoms with Crippen LogP contribution in [0.5, 0.6) is 0 Å². The third-order valence-corrected chi connectivity index (χ3v) is 5.54. The number of aromatic amines is 1. The van der Waals surface area contributed by atoms with Gasteiger partial charge in [-0.3, -0.25) is 7.91 Å². The smallest absolute Gasteiger partial charge is 0.257 e. The van der Waals surface area contributed by atoms with Crippen molar-refractivity contribution >= 4 is 51.3 Å². The predicted octanol–water partition coefficient (Wildman–Crippen LogP) is 3.39. The zero-order valence-corrected chi connectivity index (χ0v) is 19.2. The summed E-state index contributed by atoms with van der Waals surface area (Å²) < 4.78 is 2.03. The van der Waals surface area contributed by atoms with Gasteiger partial charge in [-0.1, -0.05) is 0 Å². The molecule has 2 N–H and O–H groups in total. The summed E-state index contributed by atoms with van der Waals surface area (Å²) in [6.45, 7) is 1.76. The summed E-state index contributed by atoms with van der Waals surface area (Å²) in [6.07, 6.45) is 4.74. The maximum Gasteiger partial charge on any atom is 0.257 e. The molecule has 0 bridgehead atoms. The molecule has 4 aromatic rings. The van der Waals surface area contributed by atoms with Crippen LogP contribution in [-0.4, -0.2) is 62.9 Å². The van der Waals surface area contributed by atoms with Crippen molar-refractivity contribution in [2.45, 2.75) is 0 Å². The van der Waals surface area contributed by atoms with Gasteiger partial charge in [-0.05, 0) is 50.5 Å². The van der Waals surface area contributed by atoms with Crippen molar-refractivity contribution in [3.05, 3.63) is 60.7 Å². The van der Waals surface area contributed by atoms with Gasteiger partial charge in [0.1, 0.15) is 17.8 Å². The summed E-state index contributed by atoms with van der Waals surface area (Å²) in [4.78, 5) is 35.1. The first kappa shape index (κ1) is 21.1. The summed E-state index contributed by atoms with van der Waals surface area (Å²) in [5.74, 6) is 1.25. The fraction of sp³-hybridized carbons (Fsp3) is 0.190. The molecule has 0 aliphatic rings. The maximum absolute atomic E-state index is 12.7. The number of imidazole rings is 1. The van der Waals surface area contributed by atoms with E-state index in [0.717, 1.165) is 29.9 Å². The van der Waals surface area contributed by atoms with Crippen LogP contribution in [0.15, 0.2) is 55.1 Å². The van der Waals surface area contributed by atoms with Gasteiger partial charge in [0, 0.05) is 31.2 Å². The molecule has 158 valence electrons. The minimum absolute atomic E-state index is 0.220. The normalized spacial score (nSPS) is 11.1. The number of anilines is 2. The molecule has 0 spiro atoms. The highest BCUT2D eigenvalue weighted by Crippen LogP contribution is 2.22. The fourth-order valence-corrected chi connectivity index (χ4v) is 3.41. The lowest BCUT2D eigenvalue weighted by Gasteiger charge is -2.18. The molecule has 9 nitrogen and oxygen atoms in total. The van der Waals surface area contributed by atoms with E-state index in [-0.39, 0.29) is 5.91 Å². The lowest BCUT2D eigenvalue weighted by atomic mass is 10.2. The van der Waals surface area contributed by atoms with Crippen molar-refractivity contribution in [1.82, 2.24) is 29.8 Å². The maximum atomic E-state index is 12.7. The highest BCUT2D eigenvalue weighted by atomic mass is 127. The minimum atomic E-state index is -0.220. The van der Waals surface area contributed by atoms with Gasteiger partial charge in [-0.25, -0.2) is 19.9 Å². The summed E-state index contributed by atoms with van der Waals surface area (Å²) in [7, 11) is 4.06. The Morgan fingerprint density at radius 3 is 2.71 bits per heavy atom. The monoisotopic (exact) mass is 528 g/mol. The molecule has 3 aromatic heterocycles. The zero-order chi connectivity index (χ0) is 21.8. The van der Waals surface area contributed by atoms with Crippen LogP contribution in [0.1, 0.15) is 10.4 Å². The van der Waals surface area contributed by atoms with Crippen LogP contribution in [0.3, 0.4) is 0 Å². The van der Waals surface area contributed by atoms with E-state index in [9.17, 15) is 4.79 Å². The number of nitrogens with zero attached hydrogens (tertiary/aromatic N) is 6. The number of likely N-dealkylation sites (N-methyl/N-ethyl adjacent to an activating group) is 1. The highest BCUT2D eigenvalue weighted by Gasteiger charge is 2.11. The van der Waals surface area contributed by atoms with E-state index in [2.05, 4.69) is 58.0 Å². The molecular weight excluding hydrogens is 507 g/mol. The second-order valence-electron chi connectivity index (χ2n) is 7.16. The standard InChI is InChI=1S/C21H21IN8O/c1-29(2)9-10-30(22)19-6-3-14(12-24-19)21(31)26-15-4-5-16-18(11-15)28-20(27-16)17-7-8-23-13-25-17/h3-8,11-13H,9-10H2,1-2H3,(H,26,31)(H,27,28). The van der Waals surface area contributed by atoms with Crippen molar-refractivity contribution < 1.29 is 4.79 Å². The Labute approximate surface area is 193 Å². The average Bonchev–Trinajstić information content (AvgIpc) is 3.21. The number of hydrogen-bond acceptors (Lipinski definition) is 7. The second-order valence-corrected chi connectivity index (χ2v) is 8.32. The number of nitrogens with one attached hydrogen (secondary N) is 2. The van der Waals surface area contributed by atoms with Crippen LogP contribution in [0.2, 0.25) is 0 Å². The molecule has 0 atom stereocenters. The molecule has 0 aliphatic heterocycles. The highest BCUT2D eigenvalue weighted by molar-refractivity contribution is 14.1. The number of carbonyl (C=O) groups is 1. The number of hydrogen-bond donors (Lipinski definition) is 2. The third kappa shape index (κ3) is 5.14. The lowest BCUT2D eigenvalue weighted by Crippen LogP contribution is -2.25. The van der Waals surface area contributed by atoms with E-state index < -0.39 is 0 Å². The van der Waals surface area contributed by atoms with E-state index in [1.165, 1.54) is 6.33 Å². The summed E-state index contributed by atoms with van der Waals surface area (Å²) in [6, 6.07) is 10.9. The molecule has 3 heterocycles. The second kappa shape index (κ2) is 9.35. The van der Waals surface area contributed by atoms with Crippen LogP contribution >= 0.6 is 22.9 Å². The first-order valence-corrected chi connectivity index (χ1v) is 10.6. The molecule has 31 heavy (non-hydrogen) atoms. The minimum Gasteiger partial charge on any atom is -0.337 e. The van der Waals surface area contributed by atoms with Gasteiger partial charge >= 0.3 is 0 Å². The van der Waals surface area contributed by atoms with Crippen LogP contribution in [0.4, 0.5) is 11.5 Å². The number of fused-ring (bicyclic) bond motifs is 1. The quantitative estimate of drug-likeness (QED) is 0.280. The summed E-state index contributed by atoms with van der Waals surface area (Å²) in [5, 5.41) is 2.91. The molecule has 0 radical (unpaired) electrons. The van der Waals surface area contributed by atoms with Gasteiger partial charge in [0.2, 0.25) is 0 Å². The van der Waals surface area contributed by atoms with Gasteiger partial charge in [0.05, 0.1) is 39.5 Å². The number of aromatic nitrogens is 5. The van der Waals surface area contributed by atoms with E-state index in [1.807, 2.05) is 41.5 Å². The molecule has 4 rings (SSSR count). The number of rotatable bonds is 7. The van der Waals surface area contributed by atoms with Crippen LogP contribution in [0, 0.1) is 0 Å². The van der Waals surface area contributed by atoms with Crippen LogP contribution in [0.25, 0.3) is 22.6 Å². The number of benzene rings is 1. The molecule has 0 unspecified atom stereocenters. The van der Waals surface area contributed by atoms with Gasteiger partial charge < -0.3 is 15.2 Å². The number of H-pyrrole nitrogens is 1. The SMILES string of the molecule is CN(C)CCN(I)c1ccc(C(=O)Nc2ccc3nc(-c4ccncn4)[nH]c3c2)cn1. The number of halogens is 1. The Kier molecular flexibility index (Phi) is 6.37. The van der Waals surface area contributed by atoms with E-state index in [4.69, 9.17) is 0 Å². The predicted molar refractivity (Wildman–Crippen MR) is 129 cm³/mol. The Hall–Kier alpha value is -3.12. The third-order valence-electron chi connectivity index (χ3n) is 4.57. The van der Waals surface area contributed by atoms with Gasteiger partial charge in [-0.15, -0.1) is 0 Å². The summed E-state index contributed by atoms with van der Waals surface area (Å²) in [5.41, 5.74) is 3.46. The first-order valence-electron chi connectivity index (χ1n) is 9.61. The molecule has 0 aliphatic carbocycles. The number of amides is 1. The van der Waals surface area contributed by atoms with Crippen molar-refractivity contribution in [1.29, 1.82) is 0 Å². The van der Waals surface area contributed by atoms with Gasteiger partial charge in [0.15, 0.2) is 5.82 Å². The topological polar surface area (TPSA) is 103 Å². The molecule has 0 saturated carbocycles. The van der Waals surface area contributed by atoms with Crippen molar-refractivity contribution in [3.63, 3.8) is 0 Å². The molecule has 1 aromatic carbocycles. The average molecular weight is 528 g/mol. The Morgan fingerprint density at radius 1 is 1.13 bits per heavy atom. The van der Waals surface area contributed by atoms with E-state index in [1.54, 1.807) is 24.5 Å². The molecule has 0 saturated heterocycles. The zero-order valence-electron chi connectivity index (χ0n) is 17.1. The Morgan fingerprint density at radius 2 is 2.00 bits per heavy atom. The molecule has 10 heteroatoms. The van der Waals surface area contributed by atoms with Crippen LogP contribution < -0.4 is 8.43 Å². The molecule has 1 amide bonds. The van der Waals surface area contributed by atoms with Gasteiger partial charge in [-0.2, -0.15) is 0 Å². The van der Waals surface area contributed by atoms with Crippen molar-refractivity contribution in [2.75, 3.05) is 35.6 Å². The fourth-order valence-electron chi connectivity index (χ4n) is 2.91. The van der Waals surface area contributed by atoms with E-state index >= 15 is 0 Å². The Balaban J connectivity index is 1.45. The van der Waals surface area contributed by atoms with E-state index in [0.29, 0.717) is 22.8 Å². The van der Waals surface area contributed by atoms with Crippen LogP contribution in [-0.2, 0) is 0 Å². The van der Waals surface area contributed by atoms with Gasteiger partial charge in [0.25, 0.3) is 5.91 Å². The van der Waals surface area contributed by atoms with Crippen molar-refractivity contribution in [3.8, 4) is 11.5 Å². The first-order chi connectivity index (χ1) is 15.0. The lowest BCUT2D eigenvalue weighted by molar-refractivity contribution is 0.102.